The van der Waals surface area contributed by atoms with Crippen molar-refractivity contribution < 1.29 is 19.1 Å². The minimum atomic E-state index is -0.722. The van der Waals surface area contributed by atoms with Gasteiger partial charge < -0.3 is 14.8 Å². The standard InChI is InChI=1S/C30H24ClN3O5S/c1-17-26(28(36)33-22-7-5-4-6-8-22)27(20-10-12-21(31)13-11-20)34-29(37)25(40-30(34)32-17)16-19-9-14-23(39-18(2)35)24(15-19)38-3/h4-16,27H,1-3H3,(H,33,36)/b25-16+. The van der Waals surface area contributed by atoms with Crippen LogP contribution < -0.4 is 29.7 Å². The average molecular weight is 574 g/mol. The molecule has 1 N–H and O–H groups in total. The van der Waals surface area contributed by atoms with Crippen molar-refractivity contribution in [2.45, 2.75) is 19.9 Å². The van der Waals surface area contributed by atoms with E-state index in [1.807, 2.05) is 18.2 Å². The molecule has 5 rings (SSSR count). The summed E-state index contributed by atoms with van der Waals surface area (Å²) < 4.78 is 12.5. The van der Waals surface area contributed by atoms with Crippen LogP contribution in [0.1, 0.15) is 31.0 Å². The first-order valence-corrected chi connectivity index (χ1v) is 13.5. The molecule has 1 aliphatic rings. The summed E-state index contributed by atoms with van der Waals surface area (Å²) in [7, 11) is 1.47. The Bertz CT molecular complexity index is 1830. The first-order chi connectivity index (χ1) is 19.2. The van der Waals surface area contributed by atoms with E-state index in [4.69, 9.17) is 21.1 Å². The van der Waals surface area contributed by atoms with Gasteiger partial charge in [0.05, 0.1) is 29.0 Å². The van der Waals surface area contributed by atoms with Crippen molar-refractivity contribution in [3.05, 3.63) is 120 Å². The lowest BCUT2D eigenvalue weighted by Crippen LogP contribution is -2.40. The highest BCUT2D eigenvalue weighted by Gasteiger charge is 2.32. The van der Waals surface area contributed by atoms with E-state index in [2.05, 4.69) is 10.3 Å². The fraction of sp³-hybridized carbons (Fsp3) is 0.133. The van der Waals surface area contributed by atoms with Crippen molar-refractivity contribution in [2.24, 2.45) is 4.99 Å². The topological polar surface area (TPSA) is 99.0 Å². The van der Waals surface area contributed by atoms with Crippen molar-refractivity contribution in [1.29, 1.82) is 0 Å². The van der Waals surface area contributed by atoms with Crippen LogP contribution in [0.2, 0.25) is 5.02 Å². The maximum atomic E-state index is 13.9. The van der Waals surface area contributed by atoms with Crippen LogP contribution in [-0.2, 0) is 9.59 Å². The first kappa shape index (κ1) is 27.1. The predicted octanol–water partition coefficient (Wildman–Crippen LogP) is 4.46. The zero-order valence-corrected chi connectivity index (χ0v) is 23.4. The van der Waals surface area contributed by atoms with Crippen LogP contribution in [0.15, 0.2) is 93.9 Å². The molecule has 0 spiro atoms. The minimum absolute atomic E-state index is 0.279. The quantitative estimate of drug-likeness (QED) is 0.271. The van der Waals surface area contributed by atoms with Crippen molar-refractivity contribution in [3.8, 4) is 11.5 Å². The number of carbonyl (C=O) groups is 2. The Morgan fingerprint density at radius 2 is 1.77 bits per heavy atom. The van der Waals surface area contributed by atoms with Gasteiger partial charge in [-0.25, -0.2) is 4.99 Å². The number of ether oxygens (including phenoxy) is 2. The van der Waals surface area contributed by atoms with E-state index in [0.29, 0.717) is 42.6 Å². The summed E-state index contributed by atoms with van der Waals surface area (Å²) in [6.45, 7) is 3.07. The molecule has 3 aromatic carbocycles. The Morgan fingerprint density at radius 3 is 2.45 bits per heavy atom. The number of rotatable bonds is 6. The second kappa shape index (κ2) is 11.3. The molecule has 202 valence electrons. The molecule has 0 fully saturated rings. The normalized spacial score (nSPS) is 14.8. The summed E-state index contributed by atoms with van der Waals surface area (Å²) in [5.74, 6) is -0.191. The second-order valence-electron chi connectivity index (χ2n) is 8.96. The van der Waals surface area contributed by atoms with Gasteiger partial charge in [-0.1, -0.05) is 59.3 Å². The minimum Gasteiger partial charge on any atom is -0.493 e. The van der Waals surface area contributed by atoms with Gasteiger partial charge in [0.1, 0.15) is 0 Å². The molecule has 0 aliphatic carbocycles. The molecular weight excluding hydrogens is 550 g/mol. The third-order valence-corrected chi connectivity index (χ3v) is 7.46. The van der Waals surface area contributed by atoms with E-state index in [9.17, 15) is 14.4 Å². The van der Waals surface area contributed by atoms with Gasteiger partial charge in [0.2, 0.25) is 0 Å². The Kier molecular flexibility index (Phi) is 7.68. The summed E-state index contributed by atoms with van der Waals surface area (Å²) in [5, 5.41) is 3.47. The van der Waals surface area contributed by atoms with Gasteiger partial charge in [-0.05, 0) is 60.5 Å². The number of methoxy groups -OCH3 is 1. The lowest BCUT2D eigenvalue weighted by atomic mass is 9.95. The van der Waals surface area contributed by atoms with E-state index in [1.54, 1.807) is 67.6 Å². The molecule has 4 aromatic rings. The zero-order chi connectivity index (χ0) is 28.4. The molecule has 2 heterocycles. The molecule has 1 unspecified atom stereocenters. The number of halogens is 1. The number of carbonyl (C=O) groups excluding carboxylic acids is 2. The fourth-order valence-corrected chi connectivity index (χ4v) is 5.63. The summed E-state index contributed by atoms with van der Waals surface area (Å²) in [6.07, 6.45) is 1.71. The number of nitrogens with zero attached hydrogens (tertiary/aromatic N) is 2. The molecule has 8 nitrogen and oxygen atoms in total. The van der Waals surface area contributed by atoms with Crippen LogP contribution in [0.5, 0.6) is 11.5 Å². The molecule has 0 bridgehead atoms. The van der Waals surface area contributed by atoms with Crippen LogP contribution in [0, 0.1) is 0 Å². The SMILES string of the molecule is COc1cc(/C=c2/sc3n(c2=O)C(c2ccc(Cl)cc2)C(C(=O)Nc2ccccc2)=C(C)N=3)ccc1OC(C)=O. The summed E-state index contributed by atoms with van der Waals surface area (Å²) in [6, 6.07) is 20.5. The van der Waals surface area contributed by atoms with E-state index < -0.39 is 12.0 Å². The van der Waals surface area contributed by atoms with Gasteiger partial charge in [0.15, 0.2) is 16.3 Å². The summed E-state index contributed by atoms with van der Waals surface area (Å²) >= 11 is 7.37. The number of allylic oxidation sites excluding steroid dienone is 1. The van der Waals surface area contributed by atoms with E-state index in [1.165, 1.54) is 29.9 Å². The third-order valence-electron chi connectivity index (χ3n) is 6.22. The van der Waals surface area contributed by atoms with Crippen LogP contribution in [0.25, 0.3) is 6.08 Å². The number of thiazole rings is 1. The lowest BCUT2D eigenvalue weighted by molar-refractivity contribution is -0.132. The molecular formula is C30H24ClN3O5S. The number of esters is 1. The Morgan fingerprint density at radius 1 is 1.05 bits per heavy atom. The highest BCUT2D eigenvalue weighted by Crippen LogP contribution is 2.32. The molecule has 1 aliphatic heterocycles. The zero-order valence-electron chi connectivity index (χ0n) is 21.8. The maximum absolute atomic E-state index is 13.9. The summed E-state index contributed by atoms with van der Waals surface area (Å²) in [4.78, 5) is 44.0. The van der Waals surface area contributed by atoms with Gasteiger partial charge in [-0.2, -0.15) is 0 Å². The van der Waals surface area contributed by atoms with Gasteiger partial charge in [-0.15, -0.1) is 0 Å². The number of benzene rings is 3. The highest BCUT2D eigenvalue weighted by molar-refractivity contribution is 7.07. The molecule has 0 saturated heterocycles. The largest absolute Gasteiger partial charge is 0.493 e. The number of nitrogens with one attached hydrogen (secondary N) is 1. The number of hydrogen-bond donors (Lipinski definition) is 1. The lowest BCUT2D eigenvalue weighted by Gasteiger charge is -2.25. The third kappa shape index (κ3) is 5.47. The molecule has 0 radical (unpaired) electrons. The number of aromatic nitrogens is 1. The number of anilines is 1. The van der Waals surface area contributed by atoms with Gasteiger partial charge in [0.25, 0.3) is 11.5 Å². The first-order valence-electron chi connectivity index (χ1n) is 12.3. The fourth-order valence-electron chi connectivity index (χ4n) is 4.46. The van der Waals surface area contributed by atoms with Crippen LogP contribution in [0.3, 0.4) is 0 Å². The van der Waals surface area contributed by atoms with Gasteiger partial charge in [-0.3, -0.25) is 19.0 Å². The monoisotopic (exact) mass is 573 g/mol. The molecule has 1 amide bonds. The average Bonchev–Trinajstić information content (AvgIpc) is 3.23. The predicted molar refractivity (Wildman–Crippen MR) is 155 cm³/mol. The molecule has 40 heavy (non-hydrogen) atoms. The van der Waals surface area contributed by atoms with Crippen LogP contribution >= 0.6 is 22.9 Å². The number of amides is 1. The maximum Gasteiger partial charge on any atom is 0.308 e. The molecule has 1 aromatic heterocycles. The van der Waals surface area contributed by atoms with Crippen LogP contribution in [0.4, 0.5) is 5.69 Å². The van der Waals surface area contributed by atoms with Crippen molar-refractivity contribution >= 4 is 46.6 Å². The van der Waals surface area contributed by atoms with Gasteiger partial charge in [0, 0.05) is 17.6 Å². The molecule has 1 atom stereocenters. The Labute approximate surface area is 238 Å². The van der Waals surface area contributed by atoms with Crippen molar-refractivity contribution in [2.75, 3.05) is 12.4 Å². The number of fused-ring (bicyclic) bond motifs is 1. The highest BCUT2D eigenvalue weighted by atomic mass is 35.5. The van der Waals surface area contributed by atoms with Crippen LogP contribution in [-0.4, -0.2) is 23.6 Å². The van der Waals surface area contributed by atoms with Gasteiger partial charge >= 0.3 is 5.97 Å². The van der Waals surface area contributed by atoms with E-state index >= 15 is 0 Å². The Balaban J connectivity index is 1.63. The Hall–Kier alpha value is -4.47. The second-order valence-corrected chi connectivity index (χ2v) is 10.4. The van der Waals surface area contributed by atoms with Crippen molar-refractivity contribution in [3.63, 3.8) is 0 Å². The number of para-hydroxylation sites is 1. The van der Waals surface area contributed by atoms with Crippen molar-refractivity contribution in [1.82, 2.24) is 4.57 Å². The molecule has 10 heteroatoms. The molecule has 0 saturated carbocycles. The summed E-state index contributed by atoms with van der Waals surface area (Å²) in [5.41, 5.74) is 2.58. The smallest absolute Gasteiger partial charge is 0.308 e. The van der Waals surface area contributed by atoms with E-state index in [-0.39, 0.29) is 17.2 Å². The number of hydrogen-bond acceptors (Lipinski definition) is 7. The van der Waals surface area contributed by atoms with E-state index in [0.717, 1.165) is 5.56 Å².